The van der Waals surface area contributed by atoms with Gasteiger partial charge in [-0.05, 0) is 73.9 Å². The molecule has 0 aromatic heterocycles. The Kier molecular flexibility index (Phi) is 9.08. The highest BCUT2D eigenvalue weighted by Crippen LogP contribution is 2.30. The molecule has 0 heterocycles. The smallest absolute Gasteiger partial charge is 0.416 e. The van der Waals surface area contributed by atoms with E-state index in [2.05, 4.69) is 10.6 Å². The van der Waals surface area contributed by atoms with Crippen molar-refractivity contribution in [2.75, 3.05) is 13.7 Å². The minimum absolute atomic E-state index is 0.0187. The lowest BCUT2D eigenvalue weighted by molar-refractivity contribution is -0.137. The fourth-order valence-corrected chi connectivity index (χ4v) is 4.49. The summed E-state index contributed by atoms with van der Waals surface area (Å²) in [5, 5.41) is 5.33. The van der Waals surface area contributed by atoms with Gasteiger partial charge in [-0.1, -0.05) is 18.2 Å². The van der Waals surface area contributed by atoms with Crippen molar-refractivity contribution in [3.8, 4) is 0 Å². The van der Waals surface area contributed by atoms with Crippen molar-refractivity contribution in [1.29, 1.82) is 0 Å². The zero-order valence-corrected chi connectivity index (χ0v) is 19.9. The Balaban J connectivity index is 1.55. The summed E-state index contributed by atoms with van der Waals surface area (Å²) in [6.07, 6.45) is -0.999. The van der Waals surface area contributed by atoms with Crippen LogP contribution >= 0.6 is 0 Å². The standard InChI is InChI=1S/C26H30F3N3O4/c1-36-25(35)19-6-2-4-16(12-19)8-9-17-14-21(30)10-11-22(17)32-23(33)15-31-24(34)18-5-3-7-20(13-18)26(27,28)29/h2-7,12-13,17,21-22H,8-11,14-15,30H2,1H3,(H,31,34)(H,32,33)/t17-,21-,22+/m1/s1. The third kappa shape index (κ3) is 7.55. The van der Waals surface area contributed by atoms with Gasteiger partial charge < -0.3 is 21.1 Å². The minimum Gasteiger partial charge on any atom is -0.465 e. The van der Waals surface area contributed by atoms with Crippen molar-refractivity contribution in [2.24, 2.45) is 11.7 Å². The molecule has 0 unspecified atom stereocenters. The van der Waals surface area contributed by atoms with Crippen LogP contribution in [0.15, 0.2) is 48.5 Å². The maximum absolute atomic E-state index is 12.9. The number of hydrogen-bond donors (Lipinski definition) is 3. The van der Waals surface area contributed by atoms with Gasteiger partial charge >= 0.3 is 12.1 Å². The molecule has 0 saturated heterocycles. The Morgan fingerprint density at radius 3 is 2.50 bits per heavy atom. The number of benzene rings is 2. The van der Waals surface area contributed by atoms with Gasteiger partial charge in [-0.2, -0.15) is 13.2 Å². The molecule has 194 valence electrons. The molecule has 36 heavy (non-hydrogen) atoms. The molecule has 1 fully saturated rings. The molecule has 1 saturated carbocycles. The van der Waals surface area contributed by atoms with Gasteiger partial charge in [-0.25, -0.2) is 4.79 Å². The number of rotatable bonds is 8. The van der Waals surface area contributed by atoms with E-state index in [0.717, 1.165) is 43.0 Å². The summed E-state index contributed by atoms with van der Waals surface area (Å²) in [4.78, 5) is 36.6. The van der Waals surface area contributed by atoms with Crippen LogP contribution in [-0.4, -0.2) is 43.5 Å². The molecule has 0 bridgehead atoms. The number of nitrogens with two attached hydrogens (primary N) is 1. The van der Waals surface area contributed by atoms with E-state index in [1.54, 1.807) is 18.2 Å². The molecule has 2 aromatic carbocycles. The molecule has 0 radical (unpaired) electrons. The van der Waals surface area contributed by atoms with E-state index >= 15 is 0 Å². The predicted molar refractivity (Wildman–Crippen MR) is 127 cm³/mol. The number of carbonyl (C=O) groups excluding carboxylic acids is 3. The second-order valence-electron chi connectivity index (χ2n) is 9.00. The molecule has 4 N–H and O–H groups in total. The largest absolute Gasteiger partial charge is 0.465 e. The maximum Gasteiger partial charge on any atom is 0.416 e. The van der Waals surface area contributed by atoms with Gasteiger partial charge in [0.05, 0.1) is 24.8 Å². The summed E-state index contributed by atoms with van der Waals surface area (Å²) in [5.74, 6) is -1.50. The van der Waals surface area contributed by atoms with E-state index in [9.17, 15) is 27.6 Å². The van der Waals surface area contributed by atoms with E-state index in [-0.39, 0.29) is 30.1 Å². The lowest BCUT2D eigenvalue weighted by Crippen LogP contribution is -2.49. The fourth-order valence-electron chi connectivity index (χ4n) is 4.49. The van der Waals surface area contributed by atoms with Gasteiger partial charge in [0.25, 0.3) is 5.91 Å². The van der Waals surface area contributed by atoms with E-state index in [0.29, 0.717) is 18.4 Å². The SMILES string of the molecule is COC(=O)c1cccc(CC[C@@H]2C[C@H](N)CC[C@@H]2NC(=O)CNC(=O)c2cccc(C(F)(F)F)c2)c1. The number of carbonyl (C=O) groups is 3. The number of aryl methyl sites for hydroxylation is 1. The monoisotopic (exact) mass is 505 g/mol. The molecular weight excluding hydrogens is 475 g/mol. The number of alkyl halides is 3. The van der Waals surface area contributed by atoms with Crippen LogP contribution in [0.5, 0.6) is 0 Å². The number of ether oxygens (including phenoxy) is 1. The van der Waals surface area contributed by atoms with Crippen LogP contribution < -0.4 is 16.4 Å². The summed E-state index contributed by atoms with van der Waals surface area (Å²) >= 11 is 0. The molecule has 2 amide bonds. The van der Waals surface area contributed by atoms with Crippen molar-refractivity contribution in [1.82, 2.24) is 10.6 Å². The van der Waals surface area contributed by atoms with E-state index in [1.807, 2.05) is 6.07 Å². The Bertz CT molecular complexity index is 1090. The summed E-state index contributed by atoms with van der Waals surface area (Å²) in [7, 11) is 1.33. The predicted octanol–water partition coefficient (Wildman–Crippen LogP) is 3.47. The van der Waals surface area contributed by atoms with Crippen LogP contribution in [0.2, 0.25) is 0 Å². The number of methoxy groups -OCH3 is 1. The van der Waals surface area contributed by atoms with Gasteiger partial charge in [0, 0.05) is 17.6 Å². The normalized spacial score (nSPS) is 19.9. The first kappa shape index (κ1) is 27.2. The van der Waals surface area contributed by atoms with Crippen LogP contribution in [0.4, 0.5) is 13.2 Å². The first-order valence-electron chi connectivity index (χ1n) is 11.7. The Morgan fingerprint density at radius 1 is 1.06 bits per heavy atom. The zero-order valence-electron chi connectivity index (χ0n) is 19.9. The Hall–Kier alpha value is -3.40. The Morgan fingerprint density at radius 2 is 1.78 bits per heavy atom. The molecule has 1 aliphatic rings. The average molecular weight is 506 g/mol. The fraction of sp³-hybridized carbons (Fsp3) is 0.423. The van der Waals surface area contributed by atoms with Crippen LogP contribution in [0.3, 0.4) is 0 Å². The topological polar surface area (TPSA) is 111 Å². The second kappa shape index (κ2) is 12.0. The lowest BCUT2D eigenvalue weighted by atomic mass is 9.78. The number of halogens is 3. The van der Waals surface area contributed by atoms with E-state index in [4.69, 9.17) is 10.5 Å². The first-order chi connectivity index (χ1) is 17.1. The molecular formula is C26H30F3N3O4. The third-order valence-electron chi connectivity index (χ3n) is 6.38. The third-order valence-corrected chi connectivity index (χ3v) is 6.38. The van der Waals surface area contributed by atoms with Crippen molar-refractivity contribution >= 4 is 17.8 Å². The van der Waals surface area contributed by atoms with E-state index in [1.165, 1.54) is 13.2 Å². The summed E-state index contributed by atoms with van der Waals surface area (Å²) < 4.78 is 43.4. The van der Waals surface area contributed by atoms with Crippen molar-refractivity contribution in [3.63, 3.8) is 0 Å². The molecule has 0 aliphatic heterocycles. The van der Waals surface area contributed by atoms with Gasteiger partial charge in [-0.15, -0.1) is 0 Å². The minimum atomic E-state index is -4.56. The quantitative estimate of drug-likeness (QED) is 0.476. The van der Waals surface area contributed by atoms with Crippen LogP contribution in [0.25, 0.3) is 0 Å². The highest BCUT2D eigenvalue weighted by atomic mass is 19.4. The lowest BCUT2D eigenvalue weighted by Gasteiger charge is -2.35. The maximum atomic E-state index is 12.9. The Labute approximate surface area is 207 Å². The van der Waals surface area contributed by atoms with Crippen molar-refractivity contribution in [3.05, 3.63) is 70.8 Å². The molecule has 0 spiro atoms. The molecule has 7 nitrogen and oxygen atoms in total. The van der Waals surface area contributed by atoms with Gasteiger partial charge in [0.1, 0.15) is 0 Å². The highest BCUT2D eigenvalue weighted by molar-refractivity contribution is 5.96. The van der Waals surface area contributed by atoms with Crippen LogP contribution in [-0.2, 0) is 22.1 Å². The molecule has 2 aromatic rings. The summed E-state index contributed by atoms with van der Waals surface area (Å²) in [5.41, 5.74) is 6.50. The van der Waals surface area contributed by atoms with Crippen LogP contribution in [0, 0.1) is 5.92 Å². The molecule has 1 aliphatic carbocycles. The van der Waals surface area contributed by atoms with Gasteiger partial charge in [0.2, 0.25) is 5.91 Å². The number of amides is 2. The van der Waals surface area contributed by atoms with Crippen molar-refractivity contribution in [2.45, 2.75) is 50.4 Å². The zero-order chi connectivity index (χ0) is 26.3. The van der Waals surface area contributed by atoms with Gasteiger partial charge in [0.15, 0.2) is 0 Å². The second-order valence-corrected chi connectivity index (χ2v) is 9.00. The van der Waals surface area contributed by atoms with E-state index < -0.39 is 29.5 Å². The van der Waals surface area contributed by atoms with Crippen LogP contribution in [0.1, 0.15) is 57.5 Å². The molecule has 10 heteroatoms. The molecule has 3 rings (SSSR count). The van der Waals surface area contributed by atoms with Gasteiger partial charge in [-0.3, -0.25) is 9.59 Å². The summed E-state index contributed by atoms with van der Waals surface area (Å²) in [6, 6.07) is 11.1. The average Bonchev–Trinajstić information content (AvgIpc) is 2.86. The number of esters is 1. The first-order valence-corrected chi connectivity index (χ1v) is 11.7. The summed E-state index contributed by atoms with van der Waals surface area (Å²) in [6.45, 7) is -0.356. The number of nitrogens with one attached hydrogen (secondary N) is 2. The van der Waals surface area contributed by atoms with Crippen molar-refractivity contribution < 1.29 is 32.3 Å². The molecule has 3 atom stereocenters. The number of hydrogen-bond acceptors (Lipinski definition) is 5. The highest BCUT2D eigenvalue weighted by Gasteiger charge is 2.31.